The van der Waals surface area contributed by atoms with Crippen LogP contribution in [0.3, 0.4) is 0 Å². The van der Waals surface area contributed by atoms with E-state index in [9.17, 15) is 0 Å². The highest BCUT2D eigenvalue weighted by atomic mass is 16.5. The van der Waals surface area contributed by atoms with Gasteiger partial charge in [0.2, 0.25) is 0 Å². The first-order valence-electron chi connectivity index (χ1n) is 14.7. The number of para-hydroxylation sites is 2. The lowest BCUT2D eigenvalue weighted by Crippen LogP contribution is -2.04. The number of allylic oxidation sites excluding steroid dienone is 2. The Bertz CT molecular complexity index is 1360. The summed E-state index contributed by atoms with van der Waals surface area (Å²) in [6.07, 6.45) is 15.4. The molecule has 0 saturated carbocycles. The molecule has 0 aliphatic carbocycles. The van der Waals surface area contributed by atoms with Gasteiger partial charge in [-0.3, -0.25) is 0 Å². The summed E-state index contributed by atoms with van der Waals surface area (Å²) in [6.45, 7) is 6.36. The van der Waals surface area contributed by atoms with E-state index in [1.807, 2.05) is 62.4 Å². The maximum atomic E-state index is 6.16. The van der Waals surface area contributed by atoms with Crippen molar-refractivity contribution in [3.05, 3.63) is 131 Å². The first-order chi connectivity index (χ1) is 19.7. The Morgan fingerprint density at radius 1 is 0.600 bits per heavy atom. The first kappa shape index (κ1) is 29.0. The van der Waals surface area contributed by atoms with Gasteiger partial charge in [-0.15, -0.1) is 0 Å². The van der Waals surface area contributed by atoms with Gasteiger partial charge < -0.3 is 9.47 Å². The van der Waals surface area contributed by atoms with Crippen molar-refractivity contribution in [2.75, 3.05) is 0 Å². The molecule has 2 nitrogen and oxygen atoms in total. The minimum atomic E-state index is 0.704. The van der Waals surface area contributed by atoms with Crippen molar-refractivity contribution >= 4 is 12.2 Å². The molecule has 1 atom stereocenters. The third-order valence-corrected chi connectivity index (χ3v) is 7.26. The number of benzene rings is 4. The van der Waals surface area contributed by atoms with E-state index in [1.54, 1.807) is 0 Å². The minimum Gasteiger partial charge on any atom is -0.457 e. The quantitative estimate of drug-likeness (QED) is 0.151. The largest absolute Gasteiger partial charge is 0.457 e. The van der Waals surface area contributed by atoms with Gasteiger partial charge in [0.05, 0.1) is 0 Å². The predicted molar refractivity (Wildman–Crippen MR) is 170 cm³/mol. The Morgan fingerprint density at radius 3 is 1.60 bits per heavy atom. The summed E-state index contributed by atoms with van der Waals surface area (Å²) in [5, 5.41) is 0. The van der Waals surface area contributed by atoms with E-state index >= 15 is 0 Å². The highest BCUT2D eigenvalue weighted by Gasteiger charge is 2.09. The van der Waals surface area contributed by atoms with Crippen molar-refractivity contribution in [2.45, 2.75) is 59.3 Å². The SMILES string of the molecule is CC=Cc1ccccc1Oc1ccc(CCCCC(CC)Cc2ccc(Oc3ccccc3C=CC)cc2)cc1. The Balaban J connectivity index is 1.21. The lowest BCUT2D eigenvalue weighted by atomic mass is 9.91. The molecule has 0 radical (unpaired) electrons. The number of rotatable bonds is 14. The first-order valence-corrected chi connectivity index (χ1v) is 14.7. The van der Waals surface area contributed by atoms with Crippen LogP contribution in [-0.4, -0.2) is 0 Å². The van der Waals surface area contributed by atoms with E-state index in [0.29, 0.717) is 5.92 Å². The summed E-state index contributed by atoms with van der Waals surface area (Å²) in [5.74, 6) is 4.24. The van der Waals surface area contributed by atoms with Crippen LogP contribution < -0.4 is 9.47 Å². The molecular weight excluding hydrogens is 488 g/mol. The molecule has 0 saturated heterocycles. The van der Waals surface area contributed by atoms with E-state index in [4.69, 9.17) is 9.47 Å². The zero-order valence-corrected chi connectivity index (χ0v) is 24.2. The standard InChI is InChI=1S/C38H42O2/c1-4-13-33-17-9-11-19-37(33)39-35-25-21-31(22-26-35)16-8-7-15-30(6-3)29-32-23-27-36(28-24-32)40-38-20-12-10-18-34(38)14-5-2/h4-5,9-14,17-28,30H,6-8,15-16,29H2,1-3H3. The highest BCUT2D eigenvalue weighted by molar-refractivity contribution is 5.58. The van der Waals surface area contributed by atoms with Crippen molar-refractivity contribution in [3.63, 3.8) is 0 Å². The number of unbranched alkanes of at least 4 members (excludes halogenated alkanes) is 1. The van der Waals surface area contributed by atoms with Gasteiger partial charge >= 0.3 is 0 Å². The normalized spacial score (nSPS) is 12.2. The van der Waals surface area contributed by atoms with Crippen LogP contribution in [0, 0.1) is 5.92 Å². The van der Waals surface area contributed by atoms with E-state index < -0.39 is 0 Å². The van der Waals surface area contributed by atoms with E-state index in [-0.39, 0.29) is 0 Å². The van der Waals surface area contributed by atoms with E-state index in [1.165, 1.54) is 36.8 Å². The fourth-order valence-electron chi connectivity index (χ4n) is 5.00. The molecular formula is C38H42O2. The average Bonchev–Trinajstić information content (AvgIpc) is 2.98. The fraction of sp³-hybridized carbons (Fsp3) is 0.263. The molecule has 0 aliphatic rings. The second-order valence-corrected chi connectivity index (χ2v) is 10.3. The Labute approximate surface area is 241 Å². The van der Waals surface area contributed by atoms with Gasteiger partial charge in [-0.1, -0.05) is 111 Å². The molecule has 0 fully saturated rings. The number of aryl methyl sites for hydroxylation is 1. The molecule has 4 aromatic carbocycles. The summed E-state index contributed by atoms with van der Waals surface area (Å²) in [6, 6.07) is 33.5. The molecule has 206 valence electrons. The molecule has 0 aromatic heterocycles. The monoisotopic (exact) mass is 530 g/mol. The van der Waals surface area contributed by atoms with Crippen molar-refractivity contribution in [1.82, 2.24) is 0 Å². The second kappa shape index (κ2) is 15.5. The molecule has 4 aromatic rings. The van der Waals surface area contributed by atoms with Crippen LogP contribution in [0.15, 0.2) is 109 Å². The summed E-state index contributed by atoms with van der Waals surface area (Å²) >= 11 is 0. The smallest absolute Gasteiger partial charge is 0.134 e. The zero-order chi connectivity index (χ0) is 28.0. The molecule has 40 heavy (non-hydrogen) atoms. The lowest BCUT2D eigenvalue weighted by Gasteiger charge is -2.15. The van der Waals surface area contributed by atoms with E-state index in [0.717, 1.165) is 47.0 Å². The lowest BCUT2D eigenvalue weighted by molar-refractivity contribution is 0.443. The summed E-state index contributed by atoms with van der Waals surface area (Å²) in [4.78, 5) is 0. The minimum absolute atomic E-state index is 0.704. The topological polar surface area (TPSA) is 18.5 Å². The van der Waals surface area contributed by atoms with Gasteiger partial charge in [-0.2, -0.15) is 0 Å². The Hall–Kier alpha value is -4.04. The van der Waals surface area contributed by atoms with Crippen LogP contribution in [0.25, 0.3) is 12.2 Å². The summed E-state index contributed by atoms with van der Waals surface area (Å²) in [5.41, 5.74) is 4.94. The van der Waals surface area contributed by atoms with Crippen molar-refractivity contribution in [3.8, 4) is 23.0 Å². The van der Waals surface area contributed by atoms with Crippen LogP contribution in [0.4, 0.5) is 0 Å². The van der Waals surface area contributed by atoms with Crippen LogP contribution in [0.1, 0.15) is 68.7 Å². The van der Waals surface area contributed by atoms with Crippen molar-refractivity contribution < 1.29 is 9.47 Å². The van der Waals surface area contributed by atoms with Crippen LogP contribution in [-0.2, 0) is 12.8 Å². The number of ether oxygens (including phenoxy) is 2. The molecule has 0 bridgehead atoms. The van der Waals surface area contributed by atoms with Gasteiger partial charge in [-0.25, -0.2) is 0 Å². The summed E-state index contributed by atoms with van der Waals surface area (Å²) in [7, 11) is 0. The maximum absolute atomic E-state index is 6.16. The third kappa shape index (κ3) is 8.74. The van der Waals surface area contributed by atoms with Crippen molar-refractivity contribution in [1.29, 1.82) is 0 Å². The molecule has 0 heterocycles. The molecule has 0 aliphatic heterocycles. The highest BCUT2D eigenvalue weighted by Crippen LogP contribution is 2.29. The Morgan fingerprint density at radius 2 is 1.10 bits per heavy atom. The fourth-order valence-corrected chi connectivity index (χ4v) is 5.00. The van der Waals surface area contributed by atoms with Gasteiger partial charge in [0.15, 0.2) is 0 Å². The molecule has 0 N–H and O–H groups in total. The van der Waals surface area contributed by atoms with E-state index in [2.05, 4.69) is 79.7 Å². The predicted octanol–water partition coefficient (Wildman–Crippen LogP) is 11.3. The van der Waals surface area contributed by atoms with Crippen LogP contribution >= 0.6 is 0 Å². The molecule has 4 rings (SSSR count). The van der Waals surface area contributed by atoms with Gasteiger partial charge in [0, 0.05) is 11.1 Å². The molecule has 1 unspecified atom stereocenters. The van der Waals surface area contributed by atoms with Gasteiger partial charge in [0.25, 0.3) is 0 Å². The van der Waals surface area contributed by atoms with Gasteiger partial charge in [-0.05, 0) is 86.6 Å². The number of hydrogen-bond donors (Lipinski definition) is 0. The molecule has 0 amide bonds. The number of hydrogen-bond acceptors (Lipinski definition) is 2. The second-order valence-electron chi connectivity index (χ2n) is 10.3. The maximum Gasteiger partial charge on any atom is 0.134 e. The van der Waals surface area contributed by atoms with Crippen LogP contribution in [0.2, 0.25) is 0 Å². The summed E-state index contributed by atoms with van der Waals surface area (Å²) < 4.78 is 12.3. The average molecular weight is 531 g/mol. The van der Waals surface area contributed by atoms with Gasteiger partial charge in [0.1, 0.15) is 23.0 Å². The van der Waals surface area contributed by atoms with Crippen molar-refractivity contribution in [2.24, 2.45) is 5.92 Å². The van der Waals surface area contributed by atoms with Crippen LogP contribution in [0.5, 0.6) is 23.0 Å². The molecule has 2 heteroatoms. The zero-order valence-electron chi connectivity index (χ0n) is 24.2. The Kier molecular flexibility index (Phi) is 11.2. The third-order valence-electron chi connectivity index (χ3n) is 7.26. The molecule has 0 spiro atoms.